The molecular weight excluding hydrogens is 310 g/mol. The number of hydrogen-bond donors (Lipinski definition) is 1. The summed E-state index contributed by atoms with van der Waals surface area (Å²) >= 11 is 5.75. The van der Waals surface area contributed by atoms with Gasteiger partial charge in [-0.25, -0.2) is 8.42 Å². The van der Waals surface area contributed by atoms with Crippen molar-refractivity contribution in [3.63, 3.8) is 0 Å². The number of carboxylic acid groups (broad SMARTS) is 1. The van der Waals surface area contributed by atoms with E-state index in [0.29, 0.717) is 4.31 Å². The van der Waals surface area contributed by atoms with Gasteiger partial charge < -0.3 is 9.84 Å². The molecule has 20 heavy (non-hydrogen) atoms. The van der Waals surface area contributed by atoms with Gasteiger partial charge in [0.15, 0.2) is 5.75 Å². The predicted octanol–water partition coefficient (Wildman–Crippen LogP) is 0.734. The Labute approximate surface area is 120 Å². The summed E-state index contributed by atoms with van der Waals surface area (Å²) in [7, 11) is -3.14. The first kappa shape index (κ1) is 16.3. The van der Waals surface area contributed by atoms with Crippen molar-refractivity contribution < 1.29 is 27.9 Å². The molecule has 9 heteroatoms. The Morgan fingerprint density at radius 3 is 2.55 bits per heavy atom. The molecule has 1 rings (SSSR count). The molecule has 0 aliphatic carbocycles. The van der Waals surface area contributed by atoms with Crippen LogP contribution in [0.25, 0.3) is 0 Å². The summed E-state index contributed by atoms with van der Waals surface area (Å²) in [6.07, 6.45) is 0. The van der Waals surface area contributed by atoms with E-state index in [2.05, 4.69) is 4.74 Å². The maximum atomic E-state index is 12.1. The molecule has 0 aromatic heterocycles. The number of halogens is 1. The summed E-state index contributed by atoms with van der Waals surface area (Å²) in [6, 6.07) is 5.65. The molecule has 0 amide bonds. The van der Waals surface area contributed by atoms with Crippen LogP contribution in [0.5, 0.6) is 0 Å². The van der Waals surface area contributed by atoms with Crippen molar-refractivity contribution in [1.82, 2.24) is 0 Å². The Hall–Kier alpha value is -1.80. The van der Waals surface area contributed by atoms with Gasteiger partial charge in [0.1, 0.15) is 6.54 Å². The molecule has 0 radical (unpaired) electrons. The second-order valence-corrected chi connectivity index (χ2v) is 6.04. The standard InChI is InChI=1S/C11H12ClNO6S/c1-19-11(16)7-20(17,18)13(6-10(14)15)9-4-2-3-8(12)5-9/h2-5H,6-7H2,1H3,(H,14,15). The molecule has 0 spiro atoms. The van der Waals surface area contributed by atoms with E-state index < -0.39 is 34.3 Å². The van der Waals surface area contributed by atoms with Gasteiger partial charge in [0.25, 0.3) is 0 Å². The third-order valence-corrected chi connectivity index (χ3v) is 4.09. The molecule has 0 unspecified atom stereocenters. The molecule has 0 aliphatic rings. The van der Waals surface area contributed by atoms with Crippen LogP contribution in [-0.2, 0) is 24.3 Å². The van der Waals surface area contributed by atoms with Crippen LogP contribution in [0, 0.1) is 0 Å². The molecule has 0 saturated carbocycles. The van der Waals surface area contributed by atoms with E-state index >= 15 is 0 Å². The van der Waals surface area contributed by atoms with Crippen LogP contribution < -0.4 is 4.31 Å². The van der Waals surface area contributed by atoms with Crippen molar-refractivity contribution in [2.24, 2.45) is 0 Å². The Morgan fingerprint density at radius 1 is 1.40 bits per heavy atom. The van der Waals surface area contributed by atoms with E-state index in [1.807, 2.05) is 0 Å². The monoisotopic (exact) mass is 321 g/mol. The molecule has 0 heterocycles. The maximum Gasteiger partial charge on any atom is 0.324 e. The fourth-order valence-electron chi connectivity index (χ4n) is 1.39. The van der Waals surface area contributed by atoms with Crippen molar-refractivity contribution in [3.8, 4) is 0 Å². The van der Waals surface area contributed by atoms with Crippen LogP contribution in [0.1, 0.15) is 0 Å². The fourth-order valence-corrected chi connectivity index (χ4v) is 2.89. The number of nitrogens with zero attached hydrogens (tertiary/aromatic N) is 1. The van der Waals surface area contributed by atoms with Crippen molar-refractivity contribution in [3.05, 3.63) is 29.3 Å². The van der Waals surface area contributed by atoms with Crippen molar-refractivity contribution in [1.29, 1.82) is 0 Å². The van der Waals surface area contributed by atoms with Crippen LogP contribution in [0.4, 0.5) is 5.69 Å². The number of carbonyl (C=O) groups is 2. The summed E-state index contributed by atoms with van der Waals surface area (Å²) in [5.74, 6) is -3.30. The average Bonchev–Trinajstić information content (AvgIpc) is 2.35. The molecule has 1 aromatic carbocycles. The topological polar surface area (TPSA) is 101 Å². The number of hydrogen-bond acceptors (Lipinski definition) is 5. The first-order valence-electron chi connectivity index (χ1n) is 5.31. The van der Waals surface area contributed by atoms with Crippen LogP contribution >= 0.6 is 11.6 Å². The highest BCUT2D eigenvalue weighted by atomic mass is 35.5. The van der Waals surface area contributed by atoms with Crippen LogP contribution in [0.3, 0.4) is 0 Å². The van der Waals surface area contributed by atoms with Crippen molar-refractivity contribution in [2.75, 3.05) is 23.7 Å². The zero-order valence-electron chi connectivity index (χ0n) is 10.4. The lowest BCUT2D eigenvalue weighted by Gasteiger charge is -2.22. The smallest absolute Gasteiger partial charge is 0.324 e. The second kappa shape index (κ2) is 6.58. The van der Waals surface area contributed by atoms with Gasteiger partial charge in [-0.1, -0.05) is 17.7 Å². The lowest BCUT2D eigenvalue weighted by atomic mass is 10.3. The number of methoxy groups -OCH3 is 1. The van der Waals surface area contributed by atoms with Gasteiger partial charge in [0.05, 0.1) is 12.8 Å². The summed E-state index contributed by atoms with van der Waals surface area (Å²) in [6.45, 7) is -0.820. The van der Waals surface area contributed by atoms with Crippen LogP contribution in [0.2, 0.25) is 5.02 Å². The summed E-state index contributed by atoms with van der Waals surface area (Å²) in [5.41, 5.74) is 0.0591. The highest BCUT2D eigenvalue weighted by Crippen LogP contribution is 2.22. The Morgan fingerprint density at radius 2 is 2.05 bits per heavy atom. The molecule has 0 bridgehead atoms. The fraction of sp³-hybridized carbons (Fsp3) is 0.273. The summed E-state index contributed by atoms with van der Waals surface area (Å²) in [4.78, 5) is 21.9. The van der Waals surface area contributed by atoms with Gasteiger partial charge in [-0.3, -0.25) is 13.9 Å². The minimum absolute atomic E-state index is 0.0591. The van der Waals surface area contributed by atoms with Crippen molar-refractivity contribution >= 4 is 39.3 Å². The Balaban J connectivity index is 3.19. The number of carboxylic acids is 1. The summed E-state index contributed by atoms with van der Waals surface area (Å²) < 4.78 is 29.0. The van der Waals surface area contributed by atoms with Gasteiger partial charge in [0.2, 0.25) is 10.0 Å². The van der Waals surface area contributed by atoms with Gasteiger partial charge in [-0.05, 0) is 18.2 Å². The molecular formula is C11H12ClNO6S. The number of ether oxygens (including phenoxy) is 1. The molecule has 1 N–H and O–H groups in total. The first-order valence-corrected chi connectivity index (χ1v) is 7.29. The summed E-state index contributed by atoms with van der Waals surface area (Å²) in [5, 5.41) is 9.06. The molecule has 110 valence electrons. The first-order chi connectivity index (χ1) is 9.26. The highest BCUT2D eigenvalue weighted by molar-refractivity contribution is 7.93. The minimum atomic E-state index is -4.18. The molecule has 7 nitrogen and oxygen atoms in total. The number of esters is 1. The zero-order chi connectivity index (χ0) is 15.3. The maximum absolute atomic E-state index is 12.1. The van der Waals surface area contributed by atoms with Crippen LogP contribution in [-0.4, -0.2) is 44.9 Å². The Bertz CT molecular complexity index is 615. The molecule has 0 saturated heterocycles. The SMILES string of the molecule is COC(=O)CS(=O)(=O)N(CC(=O)O)c1cccc(Cl)c1. The Kier molecular flexibility index (Phi) is 5.34. The van der Waals surface area contributed by atoms with Gasteiger partial charge in [0, 0.05) is 5.02 Å². The van der Waals surface area contributed by atoms with E-state index in [1.54, 1.807) is 0 Å². The second-order valence-electron chi connectivity index (χ2n) is 3.71. The lowest BCUT2D eigenvalue weighted by molar-refractivity contribution is -0.138. The molecule has 0 fully saturated rings. The molecule has 1 aromatic rings. The number of benzene rings is 1. The average molecular weight is 322 g/mol. The van der Waals surface area contributed by atoms with E-state index in [1.165, 1.54) is 24.3 Å². The normalized spacial score (nSPS) is 10.9. The van der Waals surface area contributed by atoms with Crippen molar-refractivity contribution in [2.45, 2.75) is 0 Å². The molecule has 0 aliphatic heterocycles. The third-order valence-electron chi connectivity index (χ3n) is 2.24. The molecule has 0 atom stereocenters. The van der Waals surface area contributed by atoms with Gasteiger partial charge in [-0.2, -0.15) is 0 Å². The largest absolute Gasteiger partial charge is 0.480 e. The van der Waals surface area contributed by atoms with Gasteiger partial charge >= 0.3 is 11.9 Å². The zero-order valence-corrected chi connectivity index (χ0v) is 12.0. The minimum Gasteiger partial charge on any atom is -0.480 e. The number of carbonyl (C=O) groups excluding carboxylic acids is 1. The van der Waals surface area contributed by atoms with E-state index in [9.17, 15) is 18.0 Å². The highest BCUT2D eigenvalue weighted by Gasteiger charge is 2.28. The quantitative estimate of drug-likeness (QED) is 0.775. The van der Waals surface area contributed by atoms with E-state index in [4.69, 9.17) is 16.7 Å². The lowest BCUT2D eigenvalue weighted by Crippen LogP contribution is -2.39. The number of sulfonamides is 1. The number of aliphatic carboxylic acids is 1. The predicted molar refractivity (Wildman–Crippen MR) is 72.2 cm³/mol. The number of rotatable bonds is 6. The van der Waals surface area contributed by atoms with E-state index in [-0.39, 0.29) is 10.7 Å². The van der Waals surface area contributed by atoms with Gasteiger partial charge in [-0.15, -0.1) is 0 Å². The van der Waals surface area contributed by atoms with E-state index in [0.717, 1.165) is 7.11 Å². The number of anilines is 1. The van der Waals surface area contributed by atoms with Crippen LogP contribution in [0.15, 0.2) is 24.3 Å². The third kappa shape index (κ3) is 4.39.